The molecule has 0 bridgehead atoms. The number of rotatable bonds is 3. The lowest BCUT2D eigenvalue weighted by molar-refractivity contribution is 0.582. The molecule has 2 aromatic rings. The Balaban J connectivity index is 2.42. The largest absolute Gasteiger partial charge is 0.398 e. The predicted molar refractivity (Wildman–Crippen MR) is 74.3 cm³/mol. The van der Waals surface area contributed by atoms with Gasteiger partial charge in [-0.05, 0) is 37.1 Å². The second kappa shape index (κ2) is 4.58. The van der Waals surface area contributed by atoms with Crippen molar-refractivity contribution >= 4 is 21.4 Å². The fourth-order valence-corrected chi connectivity index (χ4v) is 3.05. The summed E-state index contributed by atoms with van der Waals surface area (Å²) in [5.41, 5.74) is 8.56. The molecule has 0 amide bonds. The SMILES string of the molecule is Cc1cc(C)c(NS(=O)(=O)c2ccnn2C)cc1N. The van der Waals surface area contributed by atoms with Gasteiger partial charge >= 0.3 is 0 Å². The summed E-state index contributed by atoms with van der Waals surface area (Å²) in [6.45, 7) is 3.70. The van der Waals surface area contributed by atoms with Crippen LogP contribution in [0, 0.1) is 13.8 Å². The van der Waals surface area contributed by atoms with Gasteiger partial charge in [-0.1, -0.05) is 6.07 Å². The Bertz CT molecular complexity index is 719. The Morgan fingerprint density at radius 2 is 1.95 bits per heavy atom. The molecule has 0 spiro atoms. The number of sulfonamides is 1. The Labute approximate surface area is 112 Å². The second-order valence-electron chi connectivity index (χ2n) is 4.42. The highest BCUT2D eigenvalue weighted by Crippen LogP contribution is 2.24. The number of aromatic nitrogens is 2. The zero-order valence-corrected chi connectivity index (χ0v) is 11.8. The first-order valence-corrected chi connectivity index (χ1v) is 7.17. The van der Waals surface area contributed by atoms with Crippen molar-refractivity contribution in [3.05, 3.63) is 35.5 Å². The van der Waals surface area contributed by atoms with Crippen LogP contribution in [-0.2, 0) is 17.1 Å². The lowest BCUT2D eigenvalue weighted by atomic mass is 10.1. The number of hydrogen-bond donors (Lipinski definition) is 2. The van der Waals surface area contributed by atoms with Gasteiger partial charge in [-0.3, -0.25) is 9.40 Å². The molecular weight excluding hydrogens is 264 g/mol. The molecule has 1 aromatic heterocycles. The number of nitrogen functional groups attached to an aromatic ring is 1. The molecule has 0 aliphatic heterocycles. The molecule has 2 rings (SSSR count). The Morgan fingerprint density at radius 1 is 1.26 bits per heavy atom. The van der Waals surface area contributed by atoms with Gasteiger partial charge in [0.1, 0.15) is 0 Å². The lowest BCUT2D eigenvalue weighted by Crippen LogP contribution is -2.17. The molecule has 0 atom stereocenters. The maximum Gasteiger partial charge on any atom is 0.279 e. The third kappa shape index (κ3) is 2.55. The normalized spacial score (nSPS) is 11.5. The van der Waals surface area contributed by atoms with Crippen molar-refractivity contribution in [2.45, 2.75) is 18.9 Å². The highest BCUT2D eigenvalue weighted by Gasteiger charge is 2.19. The Hall–Kier alpha value is -2.02. The van der Waals surface area contributed by atoms with Crippen LogP contribution >= 0.6 is 0 Å². The average molecular weight is 280 g/mol. The predicted octanol–water partition coefficient (Wildman–Crippen LogP) is 1.42. The van der Waals surface area contributed by atoms with E-state index in [4.69, 9.17) is 5.73 Å². The average Bonchev–Trinajstić information content (AvgIpc) is 2.73. The summed E-state index contributed by atoms with van der Waals surface area (Å²) in [7, 11) is -2.08. The van der Waals surface area contributed by atoms with E-state index in [1.807, 2.05) is 19.9 Å². The highest BCUT2D eigenvalue weighted by atomic mass is 32.2. The molecule has 0 fully saturated rings. The fraction of sp³-hybridized carbons (Fsp3) is 0.250. The van der Waals surface area contributed by atoms with Crippen molar-refractivity contribution in [3.8, 4) is 0 Å². The number of hydrogen-bond acceptors (Lipinski definition) is 4. The summed E-state index contributed by atoms with van der Waals surface area (Å²) < 4.78 is 28.3. The molecule has 1 aromatic carbocycles. The highest BCUT2D eigenvalue weighted by molar-refractivity contribution is 7.92. The minimum Gasteiger partial charge on any atom is -0.398 e. The molecule has 7 heteroatoms. The molecule has 102 valence electrons. The van der Waals surface area contributed by atoms with Crippen molar-refractivity contribution in [2.24, 2.45) is 7.05 Å². The van der Waals surface area contributed by atoms with Gasteiger partial charge in [0.25, 0.3) is 10.0 Å². The van der Waals surface area contributed by atoms with Crippen molar-refractivity contribution in [1.82, 2.24) is 9.78 Å². The number of aryl methyl sites for hydroxylation is 3. The number of nitrogens with one attached hydrogen (secondary N) is 1. The van der Waals surface area contributed by atoms with Crippen molar-refractivity contribution in [3.63, 3.8) is 0 Å². The molecular formula is C12H16N4O2S. The fourth-order valence-electron chi connectivity index (χ4n) is 1.80. The first-order valence-electron chi connectivity index (χ1n) is 5.69. The molecule has 19 heavy (non-hydrogen) atoms. The summed E-state index contributed by atoms with van der Waals surface area (Å²) in [4.78, 5) is 0. The van der Waals surface area contributed by atoms with Gasteiger partial charge in [-0.25, -0.2) is 0 Å². The van der Waals surface area contributed by atoms with Crippen molar-refractivity contribution in [2.75, 3.05) is 10.5 Å². The summed E-state index contributed by atoms with van der Waals surface area (Å²) in [6.07, 6.45) is 1.44. The van der Waals surface area contributed by atoms with E-state index in [0.29, 0.717) is 11.4 Å². The summed E-state index contributed by atoms with van der Waals surface area (Å²) in [5.74, 6) is 0. The molecule has 6 nitrogen and oxygen atoms in total. The monoisotopic (exact) mass is 280 g/mol. The molecule has 0 saturated heterocycles. The van der Waals surface area contributed by atoms with Crippen LogP contribution in [0.1, 0.15) is 11.1 Å². The van der Waals surface area contributed by atoms with E-state index in [1.54, 1.807) is 13.1 Å². The smallest absolute Gasteiger partial charge is 0.279 e. The van der Waals surface area contributed by atoms with E-state index >= 15 is 0 Å². The van der Waals surface area contributed by atoms with Gasteiger partial charge in [0.15, 0.2) is 5.03 Å². The summed E-state index contributed by atoms with van der Waals surface area (Å²) in [6, 6.07) is 4.91. The van der Waals surface area contributed by atoms with E-state index in [9.17, 15) is 8.42 Å². The Kier molecular flexibility index (Phi) is 3.23. The van der Waals surface area contributed by atoms with Crippen LogP contribution in [0.3, 0.4) is 0 Å². The minimum atomic E-state index is -3.66. The molecule has 0 aliphatic rings. The van der Waals surface area contributed by atoms with Gasteiger partial charge in [0.05, 0.1) is 11.9 Å². The van der Waals surface area contributed by atoms with Gasteiger partial charge in [-0.2, -0.15) is 13.5 Å². The standard InChI is InChI=1S/C12H16N4O2S/c1-8-6-9(2)11(7-10(8)13)15-19(17,18)12-4-5-14-16(12)3/h4-7,15H,13H2,1-3H3. The van der Waals surface area contributed by atoms with Crippen LogP contribution in [0.15, 0.2) is 29.4 Å². The first kappa shape index (κ1) is 13.4. The van der Waals surface area contributed by atoms with E-state index in [1.165, 1.54) is 16.9 Å². The third-order valence-corrected chi connectivity index (χ3v) is 4.35. The van der Waals surface area contributed by atoms with Crippen LogP contribution in [0.5, 0.6) is 0 Å². The van der Waals surface area contributed by atoms with Crippen LogP contribution in [0.2, 0.25) is 0 Å². The van der Waals surface area contributed by atoms with Gasteiger partial charge in [-0.15, -0.1) is 0 Å². The van der Waals surface area contributed by atoms with Crippen LogP contribution in [0.4, 0.5) is 11.4 Å². The topological polar surface area (TPSA) is 90.0 Å². The van der Waals surface area contributed by atoms with E-state index in [0.717, 1.165) is 11.1 Å². The van der Waals surface area contributed by atoms with E-state index in [2.05, 4.69) is 9.82 Å². The second-order valence-corrected chi connectivity index (χ2v) is 6.05. The lowest BCUT2D eigenvalue weighted by Gasteiger charge is -2.12. The number of benzene rings is 1. The minimum absolute atomic E-state index is 0.103. The Morgan fingerprint density at radius 3 is 2.53 bits per heavy atom. The van der Waals surface area contributed by atoms with Crippen molar-refractivity contribution in [1.29, 1.82) is 0 Å². The van der Waals surface area contributed by atoms with E-state index in [-0.39, 0.29) is 5.03 Å². The quantitative estimate of drug-likeness (QED) is 0.832. The third-order valence-electron chi connectivity index (χ3n) is 2.91. The van der Waals surface area contributed by atoms with Crippen LogP contribution in [-0.4, -0.2) is 18.2 Å². The molecule has 1 heterocycles. The molecule has 3 N–H and O–H groups in total. The van der Waals surface area contributed by atoms with Gasteiger partial charge < -0.3 is 5.73 Å². The van der Waals surface area contributed by atoms with E-state index < -0.39 is 10.0 Å². The first-order chi connectivity index (χ1) is 8.81. The zero-order chi connectivity index (χ0) is 14.2. The number of nitrogens with two attached hydrogens (primary N) is 1. The molecule has 0 unspecified atom stereocenters. The number of anilines is 2. The summed E-state index contributed by atoms with van der Waals surface area (Å²) >= 11 is 0. The van der Waals surface area contributed by atoms with Gasteiger partial charge in [0, 0.05) is 12.7 Å². The number of nitrogens with zero attached hydrogens (tertiary/aromatic N) is 2. The van der Waals surface area contributed by atoms with Crippen molar-refractivity contribution < 1.29 is 8.42 Å². The molecule has 0 aliphatic carbocycles. The maximum atomic E-state index is 12.2. The van der Waals surface area contributed by atoms with Gasteiger partial charge in [0.2, 0.25) is 0 Å². The molecule has 0 saturated carbocycles. The van der Waals surface area contributed by atoms with Crippen LogP contribution in [0.25, 0.3) is 0 Å². The zero-order valence-electron chi connectivity index (χ0n) is 11.0. The summed E-state index contributed by atoms with van der Waals surface area (Å²) in [5, 5.41) is 3.95. The molecule has 0 radical (unpaired) electrons. The van der Waals surface area contributed by atoms with Crippen LogP contribution < -0.4 is 10.5 Å². The maximum absolute atomic E-state index is 12.2.